The fourth-order valence-corrected chi connectivity index (χ4v) is 4.01. The summed E-state index contributed by atoms with van der Waals surface area (Å²) in [7, 11) is 0. The third-order valence-electron chi connectivity index (χ3n) is 5.40. The summed E-state index contributed by atoms with van der Waals surface area (Å²) in [4.78, 5) is 0. The van der Waals surface area contributed by atoms with Crippen molar-refractivity contribution in [2.75, 3.05) is 6.61 Å². The lowest BCUT2D eigenvalue weighted by Crippen LogP contribution is -2.40. The molecule has 2 fully saturated rings. The SMILES string of the molecule is c1ccc(OCC2CCC(NC3CCCCCC3)CC2)cc1. The van der Waals surface area contributed by atoms with Crippen molar-refractivity contribution in [3.05, 3.63) is 30.3 Å². The highest BCUT2D eigenvalue weighted by atomic mass is 16.5. The molecule has 122 valence electrons. The molecule has 0 saturated heterocycles. The predicted octanol–water partition coefficient (Wildman–Crippen LogP) is 4.94. The van der Waals surface area contributed by atoms with Gasteiger partial charge in [0.05, 0.1) is 6.61 Å². The van der Waals surface area contributed by atoms with E-state index in [0.717, 1.165) is 30.4 Å². The fourth-order valence-electron chi connectivity index (χ4n) is 4.01. The number of benzene rings is 1. The molecule has 1 N–H and O–H groups in total. The molecular weight excluding hydrogens is 270 g/mol. The molecule has 2 saturated carbocycles. The Morgan fingerprint density at radius 2 is 1.41 bits per heavy atom. The van der Waals surface area contributed by atoms with Crippen molar-refractivity contribution >= 4 is 0 Å². The summed E-state index contributed by atoms with van der Waals surface area (Å²) >= 11 is 0. The van der Waals surface area contributed by atoms with Gasteiger partial charge in [-0.3, -0.25) is 0 Å². The van der Waals surface area contributed by atoms with Crippen LogP contribution in [0.15, 0.2) is 30.3 Å². The van der Waals surface area contributed by atoms with Gasteiger partial charge in [0.25, 0.3) is 0 Å². The van der Waals surface area contributed by atoms with E-state index in [0.29, 0.717) is 0 Å². The first-order chi connectivity index (χ1) is 10.9. The van der Waals surface area contributed by atoms with Crippen molar-refractivity contribution in [1.29, 1.82) is 0 Å². The van der Waals surface area contributed by atoms with Crippen molar-refractivity contribution in [2.24, 2.45) is 5.92 Å². The first-order valence-electron chi connectivity index (χ1n) is 9.34. The zero-order valence-electron chi connectivity index (χ0n) is 13.8. The summed E-state index contributed by atoms with van der Waals surface area (Å²) < 4.78 is 5.93. The van der Waals surface area contributed by atoms with Gasteiger partial charge in [0, 0.05) is 12.1 Å². The highest BCUT2D eigenvalue weighted by Crippen LogP contribution is 2.27. The van der Waals surface area contributed by atoms with Crippen molar-refractivity contribution in [3.63, 3.8) is 0 Å². The van der Waals surface area contributed by atoms with E-state index in [2.05, 4.69) is 17.4 Å². The van der Waals surface area contributed by atoms with E-state index in [1.165, 1.54) is 64.2 Å². The van der Waals surface area contributed by atoms with Gasteiger partial charge >= 0.3 is 0 Å². The van der Waals surface area contributed by atoms with Crippen LogP contribution in [0.1, 0.15) is 64.2 Å². The molecule has 0 spiro atoms. The zero-order chi connectivity index (χ0) is 15.0. The predicted molar refractivity (Wildman–Crippen MR) is 92.3 cm³/mol. The van der Waals surface area contributed by atoms with Gasteiger partial charge in [-0.2, -0.15) is 0 Å². The first-order valence-corrected chi connectivity index (χ1v) is 9.34. The molecule has 0 unspecified atom stereocenters. The maximum absolute atomic E-state index is 5.93. The van der Waals surface area contributed by atoms with Gasteiger partial charge in [-0.25, -0.2) is 0 Å². The van der Waals surface area contributed by atoms with E-state index in [-0.39, 0.29) is 0 Å². The molecule has 2 nitrogen and oxygen atoms in total. The second-order valence-corrected chi connectivity index (χ2v) is 7.20. The van der Waals surface area contributed by atoms with Gasteiger partial charge in [0.1, 0.15) is 5.75 Å². The number of ether oxygens (including phenoxy) is 1. The van der Waals surface area contributed by atoms with Crippen molar-refractivity contribution < 1.29 is 4.74 Å². The topological polar surface area (TPSA) is 21.3 Å². The Balaban J connectivity index is 1.35. The van der Waals surface area contributed by atoms with Gasteiger partial charge in [-0.15, -0.1) is 0 Å². The summed E-state index contributed by atoms with van der Waals surface area (Å²) in [5.41, 5.74) is 0. The zero-order valence-corrected chi connectivity index (χ0v) is 13.8. The number of hydrogen-bond acceptors (Lipinski definition) is 2. The lowest BCUT2D eigenvalue weighted by Gasteiger charge is -2.32. The molecular formula is C20H31NO. The summed E-state index contributed by atoms with van der Waals surface area (Å²) in [6, 6.07) is 11.8. The molecule has 3 rings (SSSR count). The van der Waals surface area contributed by atoms with Gasteiger partial charge in [-0.1, -0.05) is 43.9 Å². The van der Waals surface area contributed by atoms with Crippen LogP contribution in [0, 0.1) is 5.92 Å². The summed E-state index contributed by atoms with van der Waals surface area (Å²) in [6.45, 7) is 0.889. The minimum absolute atomic E-state index is 0.743. The van der Waals surface area contributed by atoms with Crippen molar-refractivity contribution in [2.45, 2.75) is 76.3 Å². The van der Waals surface area contributed by atoms with Gasteiger partial charge in [0.2, 0.25) is 0 Å². The van der Waals surface area contributed by atoms with E-state index < -0.39 is 0 Å². The summed E-state index contributed by atoms with van der Waals surface area (Å²) in [5.74, 6) is 1.76. The highest BCUT2D eigenvalue weighted by Gasteiger charge is 2.24. The molecule has 2 aliphatic rings. The fraction of sp³-hybridized carbons (Fsp3) is 0.700. The molecule has 22 heavy (non-hydrogen) atoms. The molecule has 0 aromatic heterocycles. The summed E-state index contributed by atoms with van der Waals surface area (Å²) in [5, 5.41) is 3.95. The van der Waals surface area contributed by atoms with E-state index in [9.17, 15) is 0 Å². The Morgan fingerprint density at radius 1 is 0.773 bits per heavy atom. The molecule has 2 heteroatoms. The Morgan fingerprint density at radius 3 is 2.09 bits per heavy atom. The monoisotopic (exact) mass is 301 g/mol. The van der Waals surface area contributed by atoms with E-state index in [1.54, 1.807) is 0 Å². The van der Waals surface area contributed by atoms with Crippen LogP contribution in [0.4, 0.5) is 0 Å². The van der Waals surface area contributed by atoms with Crippen molar-refractivity contribution in [1.82, 2.24) is 5.32 Å². The highest BCUT2D eigenvalue weighted by molar-refractivity contribution is 5.20. The van der Waals surface area contributed by atoms with Gasteiger partial charge in [0.15, 0.2) is 0 Å². The minimum Gasteiger partial charge on any atom is -0.493 e. The maximum Gasteiger partial charge on any atom is 0.119 e. The molecule has 0 radical (unpaired) electrons. The Bertz CT molecular complexity index is 403. The van der Waals surface area contributed by atoms with E-state index in [4.69, 9.17) is 4.74 Å². The Labute approximate surface area is 135 Å². The third kappa shape index (κ3) is 5.01. The summed E-state index contributed by atoms with van der Waals surface area (Å²) in [6.07, 6.45) is 13.8. The molecule has 0 bridgehead atoms. The van der Waals surface area contributed by atoms with Crippen LogP contribution in [-0.4, -0.2) is 18.7 Å². The van der Waals surface area contributed by atoms with Crippen LogP contribution in [0.25, 0.3) is 0 Å². The second kappa shape index (κ2) is 8.57. The molecule has 0 amide bonds. The Kier molecular flexibility index (Phi) is 6.18. The third-order valence-corrected chi connectivity index (χ3v) is 5.40. The number of nitrogens with one attached hydrogen (secondary N) is 1. The second-order valence-electron chi connectivity index (χ2n) is 7.20. The maximum atomic E-state index is 5.93. The number of rotatable bonds is 5. The lowest BCUT2D eigenvalue weighted by molar-refractivity contribution is 0.185. The van der Waals surface area contributed by atoms with Gasteiger partial charge < -0.3 is 10.1 Å². The largest absolute Gasteiger partial charge is 0.493 e. The minimum atomic E-state index is 0.743. The standard InChI is InChI=1S/C20H31NO/c1-2-5-9-18(8-4-1)21-19-14-12-17(13-15-19)16-22-20-10-6-3-7-11-20/h3,6-7,10-11,17-19,21H,1-2,4-5,8-9,12-16H2. The van der Waals surface area contributed by atoms with Gasteiger partial charge in [-0.05, 0) is 56.6 Å². The van der Waals surface area contributed by atoms with Crippen LogP contribution in [0.5, 0.6) is 5.75 Å². The quantitative estimate of drug-likeness (QED) is 0.778. The van der Waals surface area contributed by atoms with Crippen LogP contribution in [-0.2, 0) is 0 Å². The number of hydrogen-bond donors (Lipinski definition) is 1. The Hall–Kier alpha value is -1.02. The van der Waals surface area contributed by atoms with E-state index in [1.807, 2.05) is 18.2 Å². The normalized spacial score (nSPS) is 27.3. The van der Waals surface area contributed by atoms with Crippen LogP contribution >= 0.6 is 0 Å². The molecule has 0 aliphatic heterocycles. The molecule has 1 aromatic carbocycles. The van der Waals surface area contributed by atoms with Crippen LogP contribution < -0.4 is 10.1 Å². The van der Waals surface area contributed by atoms with Crippen LogP contribution in [0.2, 0.25) is 0 Å². The number of para-hydroxylation sites is 1. The lowest BCUT2D eigenvalue weighted by atomic mass is 9.86. The average Bonchev–Trinajstić information content (AvgIpc) is 2.84. The molecule has 2 aliphatic carbocycles. The molecule has 1 aromatic rings. The first kappa shape index (κ1) is 15.9. The van der Waals surface area contributed by atoms with Crippen molar-refractivity contribution in [3.8, 4) is 5.75 Å². The van der Waals surface area contributed by atoms with Crippen LogP contribution in [0.3, 0.4) is 0 Å². The average molecular weight is 301 g/mol. The smallest absolute Gasteiger partial charge is 0.119 e. The van der Waals surface area contributed by atoms with E-state index >= 15 is 0 Å². The molecule has 0 heterocycles. The molecule has 0 atom stereocenters.